The summed E-state index contributed by atoms with van der Waals surface area (Å²) in [4.78, 5) is 26.5. The highest BCUT2D eigenvalue weighted by molar-refractivity contribution is 7.92. The van der Waals surface area contributed by atoms with Crippen molar-refractivity contribution in [2.75, 3.05) is 17.4 Å². The summed E-state index contributed by atoms with van der Waals surface area (Å²) in [6.45, 7) is 2.66. The number of anilines is 1. The zero-order chi connectivity index (χ0) is 25.7. The molecule has 1 aliphatic heterocycles. The molecule has 188 valence electrons. The van der Waals surface area contributed by atoms with Crippen molar-refractivity contribution in [1.29, 1.82) is 0 Å². The Bertz CT molecular complexity index is 1360. The van der Waals surface area contributed by atoms with E-state index < -0.39 is 28.3 Å². The van der Waals surface area contributed by atoms with Gasteiger partial charge in [0, 0.05) is 26.1 Å². The molecule has 0 atom stereocenters. The molecule has 1 fully saturated rings. The van der Waals surface area contributed by atoms with Gasteiger partial charge >= 0.3 is 0 Å². The molecule has 1 saturated heterocycles. The lowest BCUT2D eigenvalue weighted by Gasteiger charge is -2.24. The molecule has 1 heterocycles. The fourth-order valence-electron chi connectivity index (χ4n) is 4.11. The number of likely N-dealkylation sites (tertiary alicyclic amines) is 1. The zero-order valence-electron chi connectivity index (χ0n) is 20.0. The van der Waals surface area contributed by atoms with Gasteiger partial charge in [0.2, 0.25) is 11.8 Å². The van der Waals surface area contributed by atoms with Gasteiger partial charge in [-0.1, -0.05) is 54.1 Å². The average Bonchev–Trinajstić information content (AvgIpc) is 3.26. The number of nitrogens with zero attached hydrogens (tertiary/aromatic N) is 2. The third-order valence-electron chi connectivity index (χ3n) is 6.04. The Morgan fingerprint density at radius 1 is 1.03 bits per heavy atom. The Morgan fingerprint density at radius 2 is 1.75 bits per heavy atom. The van der Waals surface area contributed by atoms with E-state index in [1.165, 1.54) is 30.3 Å². The number of halogens is 1. The van der Waals surface area contributed by atoms with Gasteiger partial charge in [-0.2, -0.15) is 0 Å². The van der Waals surface area contributed by atoms with Gasteiger partial charge in [-0.15, -0.1) is 0 Å². The summed E-state index contributed by atoms with van der Waals surface area (Å²) in [6, 6.07) is 19.2. The van der Waals surface area contributed by atoms with Gasteiger partial charge in [-0.3, -0.25) is 13.9 Å². The van der Waals surface area contributed by atoms with E-state index in [0.29, 0.717) is 13.0 Å². The van der Waals surface area contributed by atoms with Crippen LogP contribution in [-0.2, 0) is 32.7 Å². The van der Waals surface area contributed by atoms with E-state index in [1.54, 1.807) is 17.0 Å². The van der Waals surface area contributed by atoms with Crippen LogP contribution in [0.15, 0.2) is 77.7 Å². The van der Waals surface area contributed by atoms with Crippen LogP contribution in [0, 0.1) is 12.7 Å². The van der Waals surface area contributed by atoms with Crippen LogP contribution >= 0.6 is 0 Å². The van der Waals surface area contributed by atoms with Crippen molar-refractivity contribution in [3.8, 4) is 0 Å². The van der Waals surface area contributed by atoms with Crippen molar-refractivity contribution in [2.24, 2.45) is 0 Å². The summed E-state index contributed by atoms with van der Waals surface area (Å²) < 4.78 is 42.2. The molecule has 0 bridgehead atoms. The van der Waals surface area contributed by atoms with Gasteiger partial charge in [0.1, 0.15) is 12.4 Å². The molecule has 0 unspecified atom stereocenters. The molecule has 0 aliphatic carbocycles. The van der Waals surface area contributed by atoms with E-state index in [0.717, 1.165) is 40.0 Å². The van der Waals surface area contributed by atoms with Crippen LogP contribution in [0.1, 0.15) is 29.5 Å². The van der Waals surface area contributed by atoms with E-state index in [9.17, 15) is 22.4 Å². The number of sulfonamides is 1. The van der Waals surface area contributed by atoms with Gasteiger partial charge < -0.3 is 10.2 Å². The van der Waals surface area contributed by atoms with Gasteiger partial charge in [0.25, 0.3) is 10.0 Å². The average molecular weight is 510 g/mol. The van der Waals surface area contributed by atoms with Crippen LogP contribution < -0.4 is 9.62 Å². The second-order valence-electron chi connectivity index (χ2n) is 8.79. The molecule has 2 amide bonds. The monoisotopic (exact) mass is 509 g/mol. The van der Waals surface area contributed by atoms with E-state index in [1.807, 2.05) is 31.2 Å². The fourth-order valence-corrected chi connectivity index (χ4v) is 5.54. The van der Waals surface area contributed by atoms with Crippen LogP contribution in [0.25, 0.3) is 0 Å². The molecule has 7 nitrogen and oxygen atoms in total. The molecule has 0 aromatic heterocycles. The van der Waals surface area contributed by atoms with Crippen molar-refractivity contribution < 1.29 is 22.4 Å². The zero-order valence-corrected chi connectivity index (χ0v) is 20.8. The van der Waals surface area contributed by atoms with Gasteiger partial charge in [0.15, 0.2) is 0 Å². The first-order chi connectivity index (χ1) is 17.2. The maximum absolute atomic E-state index is 14.6. The smallest absolute Gasteiger partial charge is 0.264 e. The molecule has 36 heavy (non-hydrogen) atoms. The number of carbonyl (C=O) groups is 2. The third-order valence-corrected chi connectivity index (χ3v) is 7.82. The number of hydrogen-bond donors (Lipinski definition) is 1. The molecule has 4 rings (SSSR count). The Hall–Kier alpha value is -3.72. The Labute approximate surface area is 210 Å². The lowest BCUT2D eigenvalue weighted by molar-refractivity contribution is -0.128. The van der Waals surface area contributed by atoms with E-state index in [4.69, 9.17) is 0 Å². The molecule has 0 radical (unpaired) electrons. The van der Waals surface area contributed by atoms with Gasteiger partial charge in [-0.25, -0.2) is 12.8 Å². The predicted molar refractivity (Wildman–Crippen MR) is 135 cm³/mol. The molecule has 0 saturated carbocycles. The number of para-hydroxylation sites is 1. The number of benzene rings is 3. The lowest BCUT2D eigenvalue weighted by Crippen LogP contribution is -2.41. The van der Waals surface area contributed by atoms with Crippen molar-refractivity contribution >= 4 is 27.5 Å². The normalized spacial score (nSPS) is 13.6. The molecular weight excluding hydrogens is 481 g/mol. The summed E-state index contributed by atoms with van der Waals surface area (Å²) in [5, 5.41) is 2.73. The first kappa shape index (κ1) is 25.4. The van der Waals surface area contributed by atoms with E-state index in [2.05, 4.69) is 5.32 Å². The van der Waals surface area contributed by atoms with Crippen molar-refractivity contribution in [3.63, 3.8) is 0 Å². The number of aryl methyl sites for hydroxylation is 1. The number of rotatable bonds is 9. The minimum atomic E-state index is -4.20. The maximum atomic E-state index is 14.6. The molecule has 3 aromatic carbocycles. The number of nitrogens with one attached hydrogen (secondary N) is 1. The first-order valence-corrected chi connectivity index (χ1v) is 13.1. The standard InChI is InChI=1S/C27H28FN3O4S/c1-20-11-13-23(14-12-20)36(34,35)31(25-9-3-2-8-24(25)28)19-26(32)29-17-21-6-4-7-22(16-21)18-30-15-5-10-27(30)33/h2-4,6-9,11-14,16H,5,10,15,17-19H2,1H3,(H,29,32). The van der Waals surface area contributed by atoms with E-state index >= 15 is 0 Å². The minimum Gasteiger partial charge on any atom is -0.350 e. The second-order valence-corrected chi connectivity index (χ2v) is 10.7. The highest BCUT2D eigenvalue weighted by Gasteiger charge is 2.29. The Morgan fingerprint density at radius 3 is 2.44 bits per heavy atom. The topological polar surface area (TPSA) is 86.8 Å². The molecule has 0 spiro atoms. The quantitative estimate of drug-likeness (QED) is 0.476. The van der Waals surface area contributed by atoms with Crippen LogP contribution in [0.5, 0.6) is 0 Å². The summed E-state index contributed by atoms with van der Waals surface area (Å²) in [5.74, 6) is -1.18. The van der Waals surface area contributed by atoms with Gasteiger partial charge in [-0.05, 0) is 48.7 Å². The molecule has 1 aliphatic rings. The first-order valence-electron chi connectivity index (χ1n) is 11.7. The Balaban J connectivity index is 1.49. The fraction of sp³-hybridized carbons (Fsp3) is 0.259. The van der Waals surface area contributed by atoms with Crippen molar-refractivity contribution in [3.05, 3.63) is 95.3 Å². The molecular formula is C27H28FN3O4S. The second kappa shape index (κ2) is 10.9. The number of amides is 2. The minimum absolute atomic E-state index is 0.0340. The molecule has 9 heteroatoms. The number of hydrogen-bond acceptors (Lipinski definition) is 4. The SMILES string of the molecule is Cc1ccc(S(=O)(=O)N(CC(=O)NCc2cccc(CN3CCCC3=O)c2)c2ccccc2F)cc1. The van der Waals surface area contributed by atoms with Crippen molar-refractivity contribution in [1.82, 2.24) is 10.2 Å². The van der Waals surface area contributed by atoms with Crippen LogP contribution in [0.3, 0.4) is 0 Å². The predicted octanol–water partition coefficient (Wildman–Crippen LogP) is 3.77. The highest BCUT2D eigenvalue weighted by Crippen LogP contribution is 2.26. The summed E-state index contributed by atoms with van der Waals surface area (Å²) in [7, 11) is -4.20. The summed E-state index contributed by atoms with van der Waals surface area (Å²) >= 11 is 0. The summed E-state index contributed by atoms with van der Waals surface area (Å²) in [6.07, 6.45) is 1.43. The van der Waals surface area contributed by atoms with Crippen LogP contribution in [0.2, 0.25) is 0 Å². The highest BCUT2D eigenvalue weighted by atomic mass is 32.2. The lowest BCUT2D eigenvalue weighted by atomic mass is 10.1. The van der Waals surface area contributed by atoms with Crippen LogP contribution in [-0.4, -0.2) is 38.2 Å². The molecule has 3 aromatic rings. The summed E-state index contributed by atoms with van der Waals surface area (Å²) in [5.41, 5.74) is 2.43. The van der Waals surface area contributed by atoms with E-state index in [-0.39, 0.29) is 23.0 Å². The Kier molecular flexibility index (Phi) is 7.69. The van der Waals surface area contributed by atoms with Gasteiger partial charge in [0.05, 0.1) is 10.6 Å². The third kappa shape index (κ3) is 5.91. The van der Waals surface area contributed by atoms with Crippen molar-refractivity contribution in [2.45, 2.75) is 37.8 Å². The maximum Gasteiger partial charge on any atom is 0.264 e. The molecule has 1 N–H and O–H groups in total. The largest absolute Gasteiger partial charge is 0.350 e. The van der Waals surface area contributed by atoms with Crippen LogP contribution in [0.4, 0.5) is 10.1 Å². The number of carbonyl (C=O) groups excluding carboxylic acids is 2.